The summed E-state index contributed by atoms with van der Waals surface area (Å²) in [6, 6.07) is 7.51. The molecule has 0 radical (unpaired) electrons. The van der Waals surface area contributed by atoms with Crippen LogP contribution in [0.15, 0.2) is 24.3 Å². The summed E-state index contributed by atoms with van der Waals surface area (Å²) < 4.78 is 15.3. The number of rotatable bonds is 6. The van der Waals surface area contributed by atoms with E-state index in [1.165, 1.54) is 0 Å². The molecule has 0 aliphatic carbocycles. The Hall–Kier alpha value is -1.55. The molecule has 94 valence electrons. The summed E-state index contributed by atoms with van der Waals surface area (Å²) in [5.41, 5.74) is 0.988. The molecule has 0 unspecified atom stereocenters. The van der Waals surface area contributed by atoms with Crippen molar-refractivity contribution >= 4 is 5.97 Å². The van der Waals surface area contributed by atoms with Gasteiger partial charge in [0.25, 0.3) is 0 Å². The van der Waals surface area contributed by atoms with Crippen molar-refractivity contribution in [3.05, 3.63) is 29.8 Å². The Morgan fingerprint density at radius 1 is 1.29 bits per heavy atom. The van der Waals surface area contributed by atoms with Crippen LogP contribution < -0.4 is 4.74 Å². The van der Waals surface area contributed by atoms with Gasteiger partial charge >= 0.3 is 5.97 Å². The normalized spacial score (nSPS) is 11.9. The lowest BCUT2D eigenvalue weighted by Gasteiger charge is -2.11. The Balaban J connectivity index is 2.41. The molecular formula is C13H18O4. The van der Waals surface area contributed by atoms with E-state index in [-0.39, 0.29) is 5.97 Å². The Kier molecular flexibility index (Phi) is 5.49. The first-order valence-corrected chi connectivity index (χ1v) is 5.58. The van der Waals surface area contributed by atoms with E-state index in [0.717, 1.165) is 11.3 Å². The number of hydrogen-bond acceptors (Lipinski definition) is 4. The van der Waals surface area contributed by atoms with Crippen LogP contribution in [0.5, 0.6) is 5.75 Å². The number of carbonyl (C=O) groups is 1. The Morgan fingerprint density at radius 3 is 2.47 bits per heavy atom. The number of benzene rings is 1. The maximum absolute atomic E-state index is 11.3. The molecular weight excluding hydrogens is 220 g/mol. The fraction of sp³-hybridized carbons (Fsp3) is 0.462. The number of ether oxygens (including phenoxy) is 3. The maximum Gasteiger partial charge on any atom is 0.334 e. The van der Waals surface area contributed by atoms with Crippen LogP contribution in [0.25, 0.3) is 0 Å². The minimum atomic E-state index is -0.544. The van der Waals surface area contributed by atoms with E-state index in [9.17, 15) is 4.79 Å². The van der Waals surface area contributed by atoms with Crippen LogP contribution in [0, 0.1) is 0 Å². The summed E-state index contributed by atoms with van der Waals surface area (Å²) in [6.07, 6.45) is -0.544. The standard InChI is InChI=1S/C13H18O4/c1-4-16-13(14)10(2)17-9-11-5-7-12(15-3)8-6-11/h5-8,10H,4,9H2,1-3H3/t10-/m0/s1. The third kappa shape index (κ3) is 4.44. The Bertz CT molecular complexity index is 345. The third-order valence-electron chi connectivity index (χ3n) is 2.28. The predicted octanol–water partition coefficient (Wildman–Crippen LogP) is 2.16. The molecule has 0 aromatic heterocycles. The van der Waals surface area contributed by atoms with Crippen molar-refractivity contribution in [2.24, 2.45) is 0 Å². The fourth-order valence-corrected chi connectivity index (χ4v) is 1.27. The molecule has 0 heterocycles. The van der Waals surface area contributed by atoms with Crippen molar-refractivity contribution in [1.29, 1.82) is 0 Å². The topological polar surface area (TPSA) is 44.8 Å². The summed E-state index contributed by atoms with van der Waals surface area (Å²) >= 11 is 0. The molecule has 0 saturated heterocycles. The lowest BCUT2D eigenvalue weighted by atomic mass is 10.2. The molecule has 0 aliphatic heterocycles. The van der Waals surface area contributed by atoms with Gasteiger partial charge in [-0.2, -0.15) is 0 Å². The summed E-state index contributed by atoms with van der Waals surface area (Å²) in [4.78, 5) is 11.3. The maximum atomic E-state index is 11.3. The molecule has 0 N–H and O–H groups in total. The zero-order valence-corrected chi connectivity index (χ0v) is 10.4. The van der Waals surface area contributed by atoms with Crippen molar-refractivity contribution in [2.45, 2.75) is 26.6 Å². The molecule has 4 nitrogen and oxygen atoms in total. The second-order valence-electron chi connectivity index (χ2n) is 3.55. The third-order valence-corrected chi connectivity index (χ3v) is 2.28. The van der Waals surface area contributed by atoms with Crippen LogP contribution in [0.1, 0.15) is 19.4 Å². The van der Waals surface area contributed by atoms with Crippen molar-refractivity contribution in [3.63, 3.8) is 0 Å². The summed E-state index contributed by atoms with van der Waals surface area (Å²) in [5.74, 6) is 0.466. The lowest BCUT2D eigenvalue weighted by molar-refractivity contribution is -0.156. The van der Waals surface area contributed by atoms with Crippen LogP contribution in [0.4, 0.5) is 0 Å². The molecule has 1 atom stereocenters. The van der Waals surface area contributed by atoms with Gasteiger partial charge in [0.2, 0.25) is 0 Å². The highest BCUT2D eigenvalue weighted by atomic mass is 16.6. The van der Waals surface area contributed by atoms with Gasteiger partial charge in [-0.15, -0.1) is 0 Å². The van der Waals surface area contributed by atoms with E-state index >= 15 is 0 Å². The van der Waals surface area contributed by atoms with Crippen molar-refractivity contribution in [2.75, 3.05) is 13.7 Å². The lowest BCUT2D eigenvalue weighted by Crippen LogP contribution is -2.23. The van der Waals surface area contributed by atoms with E-state index < -0.39 is 6.10 Å². The molecule has 0 amide bonds. The van der Waals surface area contributed by atoms with Gasteiger partial charge in [-0.25, -0.2) is 4.79 Å². The van der Waals surface area contributed by atoms with Crippen LogP contribution in [-0.4, -0.2) is 25.8 Å². The number of esters is 1. The van der Waals surface area contributed by atoms with E-state index in [2.05, 4.69) is 0 Å². The zero-order chi connectivity index (χ0) is 12.7. The van der Waals surface area contributed by atoms with Gasteiger partial charge in [0.1, 0.15) is 5.75 Å². The monoisotopic (exact) mass is 238 g/mol. The first-order valence-electron chi connectivity index (χ1n) is 5.58. The van der Waals surface area contributed by atoms with E-state index in [0.29, 0.717) is 13.2 Å². The van der Waals surface area contributed by atoms with E-state index in [1.54, 1.807) is 21.0 Å². The zero-order valence-electron chi connectivity index (χ0n) is 10.4. The smallest absolute Gasteiger partial charge is 0.334 e. The fourth-order valence-electron chi connectivity index (χ4n) is 1.27. The van der Waals surface area contributed by atoms with Crippen molar-refractivity contribution in [3.8, 4) is 5.75 Å². The van der Waals surface area contributed by atoms with Crippen molar-refractivity contribution in [1.82, 2.24) is 0 Å². The van der Waals surface area contributed by atoms with Gasteiger partial charge in [-0.05, 0) is 31.5 Å². The minimum absolute atomic E-state index is 0.332. The Labute approximate surface area is 101 Å². The average molecular weight is 238 g/mol. The van der Waals surface area contributed by atoms with Gasteiger partial charge in [0.15, 0.2) is 6.10 Å². The SMILES string of the molecule is CCOC(=O)[C@H](C)OCc1ccc(OC)cc1. The molecule has 0 saturated carbocycles. The molecule has 4 heteroatoms. The summed E-state index contributed by atoms with van der Waals surface area (Å²) in [7, 11) is 1.62. The van der Waals surface area contributed by atoms with Crippen LogP contribution >= 0.6 is 0 Å². The van der Waals surface area contributed by atoms with E-state index in [1.807, 2.05) is 24.3 Å². The van der Waals surface area contributed by atoms with Gasteiger partial charge in [0, 0.05) is 0 Å². The molecule has 0 spiro atoms. The molecule has 0 bridgehead atoms. The number of methoxy groups -OCH3 is 1. The van der Waals surface area contributed by atoms with Gasteiger partial charge < -0.3 is 14.2 Å². The van der Waals surface area contributed by atoms with Gasteiger partial charge in [0.05, 0.1) is 20.3 Å². The number of carbonyl (C=O) groups excluding carboxylic acids is 1. The number of hydrogen-bond donors (Lipinski definition) is 0. The highest BCUT2D eigenvalue weighted by Crippen LogP contribution is 2.12. The first-order chi connectivity index (χ1) is 8.17. The quantitative estimate of drug-likeness (QED) is 0.712. The second kappa shape index (κ2) is 6.91. The molecule has 1 rings (SSSR count). The highest BCUT2D eigenvalue weighted by molar-refractivity contribution is 5.74. The highest BCUT2D eigenvalue weighted by Gasteiger charge is 2.13. The van der Waals surface area contributed by atoms with Crippen LogP contribution in [0.3, 0.4) is 0 Å². The molecule has 0 aliphatic rings. The molecule has 0 fully saturated rings. The second-order valence-corrected chi connectivity index (χ2v) is 3.55. The predicted molar refractivity (Wildman–Crippen MR) is 63.9 cm³/mol. The minimum Gasteiger partial charge on any atom is -0.497 e. The summed E-state index contributed by atoms with van der Waals surface area (Å²) in [5, 5.41) is 0. The van der Waals surface area contributed by atoms with Crippen molar-refractivity contribution < 1.29 is 19.0 Å². The van der Waals surface area contributed by atoms with Gasteiger partial charge in [-0.1, -0.05) is 12.1 Å². The molecule has 17 heavy (non-hydrogen) atoms. The first kappa shape index (κ1) is 13.5. The molecule has 1 aromatic carbocycles. The van der Waals surface area contributed by atoms with Crippen LogP contribution in [-0.2, 0) is 20.9 Å². The average Bonchev–Trinajstić information content (AvgIpc) is 2.36. The largest absolute Gasteiger partial charge is 0.497 e. The Morgan fingerprint density at radius 2 is 1.94 bits per heavy atom. The van der Waals surface area contributed by atoms with Crippen LogP contribution in [0.2, 0.25) is 0 Å². The van der Waals surface area contributed by atoms with E-state index in [4.69, 9.17) is 14.2 Å². The summed E-state index contributed by atoms with van der Waals surface area (Å²) in [6.45, 7) is 4.20. The molecule has 1 aromatic rings. The van der Waals surface area contributed by atoms with Gasteiger partial charge in [-0.3, -0.25) is 0 Å².